The number of rotatable bonds is 7. The zero-order valence-corrected chi connectivity index (χ0v) is 20.5. The van der Waals surface area contributed by atoms with Crippen molar-refractivity contribution in [3.63, 3.8) is 0 Å². The highest BCUT2D eigenvalue weighted by molar-refractivity contribution is 7.22. The fraction of sp³-hybridized carbons (Fsp3) is 0.333. The third kappa shape index (κ3) is 4.72. The lowest BCUT2D eigenvalue weighted by Gasteiger charge is -2.34. The Bertz CT molecular complexity index is 1310. The van der Waals surface area contributed by atoms with Gasteiger partial charge in [0.05, 0.1) is 22.9 Å². The lowest BCUT2D eigenvalue weighted by molar-refractivity contribution is 0.0945. The van der Waals surface area contributed by atoms with Crippen LogP contribution >= 0.6 is 11.3 Å². The molecule has 1 aliphatic rings. The molecule has 1 amide bonds. The van der Waals surface area contributed by atoms with E-state index in [9.17, 15) is 4.79 Å². The number of hydrogen-bond acceptors (Lipinski definition) is 6. The first-order valence-electron chi connectivity index (χ1n) is 11.9. The zero-order valence-electron chi connectivity index (χ0n) is 19.7. The number of carbonyl (C=O) groups is 1. The second kappa shape index (κ2) is 9.99. The van der Waals surface area contributed by atoms with Gasteiger partial charge in [-0.25, -0.2) is 4.98 Å². The van der Waals surface area contributed by atoms with Gasteiger partial charge >= 0.3 is 0 Å². The highest BCUT2D eigenvalue weighted by atomic mass is 32.1. The molecule has 1 aliphatic heterocycles. The van der Waals surface area contributed by atoms with Crippen LogP contribution in [-0.4, -0.2) is 62.2 Å². The Balaban J connectivity index is 1.14. The molecule has 0 radical (unpaired) electrons. The summed E-state index contributed by atoms with van der Waals surface area (Å²) in [7, 11) is 1.61. The van der Waals surface area contributed by atoms with Crippen molar-refractivity contribution in [2.75, 3.05) is 51.3 Å². The van der Waals surface area contributed by atoms with Gasteiger partial charge in [-0.2, -0.15) is 0 Å². The predicted molar refractivity (Wildman–Crippen MR) is 140 cm³/mol. The summed E-state index contributed by atoms with van der Waals surface area (Å²) < 4.78 is 6.74. The lowest BCUT2D eigenvalue weighted by Crippen LogP contribution is -2.48. The largest absolute Gasteiger partial charge is 0.496 e. The average Bonchev–Trinajstić information content (AvgIpc) is 3.31. The van der Waals surface area contributed by atoms with Crippen molar-refractivity contribution < 1.29 is 9.53 Å². The van der Waals surface area contributed by atoms with E-state index in [-0.39, 0.29) is 5.91 Å². The van der Waals surface area contributed by atoms with E-state index in [1.807, 2.05) is 36.4 Å². The van der Waals surface area contributed by atoms with Crippen LogP contribution in [0.2, 0.25) is 0 Å². The first-order valence-corrected chi connectivity index (χ1v) is 12.7. The van der Waals surface area contributed by atoms with Crippen molar-refractivity contribution in [3.8, 4) is 5.75 Å². The first-order chi connectivity index (χ1) is 16.6. The maximum Gasteiger partial charge on any atom is 0.255 e. The number of amides is 1. The van der Waals surface area contributed by atoms with Crippen molar-refractivity contribution in [1.29, 1.82) is 0 Å². The number of fused-ring (bicyclic) bond motifs is 2. The minimum atomic E-state index is -0.0952. The number of benzene rings is 3. The molecule has 0 bridgehead atoms. The standard InChI is InChI=1S/C27H30N4O2S/c1-3-19-8-9-23-25(16-19)34-27(29-23)31-14-12-30(13-15-31)11-10-28-26(32)22-17-20-6-4-5-7-21(20)18-24(22)33-2/h4-9,16-18H,3,10-15H2,1-2H3,(H,28,32). The van der Waals surface area contributed by atoms with E-state index in [1.165, 1.54) is 10.3 Å². The van der Waals surface area contributed by atoms with Gasteiger partial charge in [-0.3, -0.25) is 9.69 Å². The van der Waals surface area contributed by atoms with Crippen LogP contribution in [-0.2, 0) is 6.42 Å². The monoisotopic (exact) mass is 474 g/mol. The molecule has 0 unspecified atom stereocenters. The van der Waals surface area contributed by atoms with Crippen molar-refractivity contribution in [2.45, 2.75) is 13.3 Å². The van der Waals surface area contributed by atoms with Gasteiger partial charge in [-0.1, -0.05) is 48.6 Å². The normalized spacial score (nSPS) is 14.6. The number of nitrogens with zero attached hydrogens (tertiary/aromatic N) is 3. The molecule has 1 aromatic heterocycles. The number of hydrogen-bond donors (Lipinski definition) is 1. The molecule has 6 nitrogen and oxygen atoms in total. The van der Waals surface area contributed by atoms with Crippen molar-refractivity contribution in [3.05, 3.63) is 65.7 Å². The minimum absolute atomic E-state index is 0.0952. The Morgan fingerprint density at radius 3 is 2.56 bits per heavy atom. The molecule has 4 aromatic rings. The molecular formula is C27H30N4O2S. The van der Waals surface area contributed by atoms with Crippen molar-refractivity contribution >= 4 is 43.4 Å². The van der Waals surface area contributed by atoms with E-state index in [0.717, 1.165) is 60.6 Å². The molecule has 0 spiro atoms. The van der Waals surface area contributed by atoms with Gasteiger partial charge in [-0.15, -0.1) is 0 Å². The number of piperazine rings is 1. The summed E-state index contributed by atoms with van der Waals surface area (Å²) in [5, 5.41) is 6.28. The third-order valence-electron chi connectivity index (χ3n) is 6.52. The molecule has 176 valence electrons. The molecule has 0 saturated carbocycles. The van der Waals surface area contributed by atoms with E-state index < -0.39 is 0 Å². The number of thiazole rings is 1. The van der Waals surface area contributed by atoms with Gasteiger partial charge in [0, 0.05) is 39.3 Å². The number of aryl methyl sites for hydroxylation is 1. The number of aromatic nitrogens is 1. The van der Waals surface area contributed by atoms with Gasteiger partial charge in [0.1, 0.15) is 5.75 Å². The van der Waals surface area contributed by atoms with Crippen LogP contribution in [0, 0.1) is 0 Å². The van der Waals surface area contributed by atoms with Crippen LogP contribution in [0.1, 0.15) is 22.8 Å². The summed E-state index contributed by atoms with van der Waals surface area (Å²) in [5.74, 6) is 0.508. The number of nitrogens with one attached hydrogen (secondary N) is 1. The summed E-state index contributed by atoms with van der Waals surface area (Å²) >= 11 is 1.79. The molecular weight excluding hydrogens is 444 g/mol. The van der Waals surface area contributed by atoms with Crippen LogP contribution < -0.4 is 15.0 Å². The van der Waals surface area contributed by atoms with Crippen molar-refractivity contribution in [2.24, 2.45) is 0 Å². The quantitative estimate of drug-likeness (QED) is 0.425. The summed E-state index contributed by atoms with van der Waals surface area (Å²) in [6, 6.07) is 18.4. The molecule has 1 fully saturated rings. The van der Waals surface area contributed by atoms with E-state index in [0.29, 0.717) is 17.9 Å². The fourth-order valence-electron chi connectivity index (χ4n) is 4.46. The van der Waals surface area contributed by atoms with Gasteiger partial charge in [0.25, 0.3) is 5.91 Å². The van der Waals surface area contributed by atoms with Gasteiger partial charge in [0.15, 0.2) is 5.13 Å². The Hall–Kier alpha value is -3.16. The van der Waals surface area contributed by atoms with E-state index >= 15 is 0 Å². The Morgan fingerprint density at radius 1 is 1.06 bits per heavy atom. The van der Waals surface area contributed by atoms with Crippen LogP contribution in [0.5, 0.6) is 5.75 Å². The first kappa shape index (κ1) is 22.6. The smallest absolute Gasteiger partial charge is 0.255 e. The number of carbonyl (C=O) groups excluding carboxylic acids is 1. The average molecular weight is 475 g/mol. The Morgan fingerprint density at radius 2 is 1.82 bits per heavy atom. The van der Waals surface area contributed by atoms with Crippen LogP contribution in [0.4, 0.5) is 5.13 Å². The van der Waals surface area contributed by atoms with Gasteiger partial charge in [-0.05, 0) is 47.0 Å². The summed E-state index contributed by atoms with van der Waals surface area (Å²) in [6.07, 6.45) is 1.05. The van der Waals surface area contributed by atoms with E-state index in [4.69, 9.17) is 9.72 Å². The molecule has 3 aromatic carbocycles. The molecule has 0 aliphatic carbocycles. The third-order valence-corrected chi connectivity index (χ3v) is 7.60. The molecule has 34 heavy (non-hydrogen) atoms. The number of methoxy groups -OCH3 is 1. The Kier molecular flexibility index (Phi) is 6.65. The highest BCUT2D eigenvalue weighted by Crippen LogP contribution is 2.30. The topological polar surface area (TPSA) is 57.7 Å². The number of anilines is 1. The molecule has 7 heteroatoms. The lowest BCUT2D eigenvalue weighted by atomic mass is 10.1. The van der Waals surface area contributed by atoms with Crippen LogP contribution in [0.3, 0.4) is 0 Å². The van der Waals surface area contributed by atoms with Gasteiger partial charge in [0.2, 0.25) is 0 Å². The zero-order chi connectivity index (χ0) is 23.5. The molecule has 2 heterocycles. The minimum Gasteiger partial charge on any atom is -0.496 e. The molecule has 5 rings (SSSR count). The maximum absolute atomic E-state index is 12.9. The maximum atomic E-state index is 12.9. The van der Waals surface area contributed by atoms with E-state index in [1.54, 1.807) is 18.4 Å². The molecule has 1 saturated heterocycles. The van der Waals surface area contributed by atoms with Crippen molar-refractivity contribution in [1.82, 2.24) is 15.2 Å². The predicted octanol–water partition coefficient (Wildman–Crippen LogP) is 4.57. The van der Waals surface area contributed by atoms with Crippen LogP contribution in [0.25, 0.3) is 21.0 Å². The summed E-state index contributed by atoms with van der Waals surface area (Å²) in [4.78, 5) is 22.5. The van der Waals surface area contributed by atoms with Gasteiger partial charge < -0.3 is 15.0 Å². The SMILES string of the molecule is CCc1ccc2nc(N3CCN(CCNC(=O)c4cc5ccccc5cc4OC)CC3)sc2c1. The number of ether oxygens (including phenoxy) is 1. The summed E-state index contributed by atoms with van der Waals surface area (Å²) in [6.45, 7) is 7.45. The molecule has 0 atom stereocenters. The molecule has 1 N–H and O–H groups in total. The fourth-order valence-corrected chi connectivity index (χ4v) is 5.54. The summed E-state index contributed by atoms with van der Waals surface area (Å²) in [5.41, 5.74) is 3.02. The second-order valence-electron chi connectivity index (χ2n) is 8.64. The van der Waals surface area contributed by atoms with E-state index in [2.05, 4.69) is 40.2 Å². The highest BCUT2D eigenvalue weighted by Gasteiger charge is 2.20. The second-order valence-corrected chi connectivity index (χ2v) is 9.65. The van der Waals surface area contributed by atoms with Crippen LogP contribution in [0.15, 0.2) is 54.6 Å². The Labute approximate surface area is 204 Å².